The van der Waals surface area contributed by atoms with Gasteiger partial charge in [-0.1, -0.05) is 81.8 Å². The van der Waals surface area contributed by atoms with Crippen LogP contribution in [0.4, 0.5) is 0 Å². The van der Waals surface area contributed by atoms with E-state index in [1.165, 1.54) is 54.9 Å². The molecule has 0 heterocycles. The van der Waals surface area contributed by atoms with Crippen LogP contribution in [0.3, 0.4) is 0 Å². The summed E-state index contributed by atoms with van der Waals surface area (Å²) in [6.07, 6.45) is 9.06. The molecule has 21 heavy (non-hydrogen) atoms. The van der Waals surface area contributed by atoms with Gasteiger partial charge in [0, 0.05) is 6.04 Å². The Morgan fingerprint density at radius 3 is 2.38 bits per heavy atom. The van der Waals surface area contributed by atoms with E-state index in [4.69, 9.17) is 5.84 Å². The second-order valence-corrected chi connectivity index (χ2v) is 5.88. The van der Waals surface area contributed by atoms with E-state index in [0.29, 0.717) is 0 Å². The third kappa shape index (κ3) is 4.83. The number of hydrogen-bond donors (Lipinski definition) is 2. The van der Waals surface area contributed by atoms with Crippen molar-refractivity contribution in [3.05, 3.63) is 48.0 Å². The van der Waals surface area contributed by atoms with Crippen LogP contribution < -0.4 is 11.3 Å². The molecule has 114 valence electrons. The number of nitrogens with two attached hydrogens (primary N) is 1. The van der Waals surface area contributed by atoms with E-state index in [1.54, 1.807) is 0 Å². The van der Waals surface area contributed by atoms with E-state index in [9.17, 15) is 0 Å². The lowest BCUT2D eigenvalue weighted by molar-refractivity contribution is 0.477. The van der Waals surface area contributed by atoms with Gasteiger partial charge in [0.05, 0.1) is 0 Å². The van der Waals surface area contributed by atoms with Crippen molar-refractivity contribution in [1.29, 1.82) is 0 Å². The molecule has 0 aromatic heterocycles. The predicted molar refractivity (Wildman–Crippen MR) is 92.0 cm³/mol. The van der Waals surface area contributed by atoms with Gasteiger partial charge < -0.3 is 0 Å². The molecule has 0 aliphatic rings. The molecular formula is C19H28N2. The first-order chi connectivity index (χ1) is 10.3. The van der Waals surface area contributed by atoms with Crippen molar-refractivity contribution in [2.75, 3.05) is 0 Å². The van der Waals surface area contributed by atoms with Crippen LogP contribution in [-0.2, 0) is 0 Å². The van der Waals surface area contributed by atoms with Gasteiger partial charge in [0.15, 0.2) is 0 Å². The molecule has 1 unspecified atom stereocenters. The zero-order valence-electron chi connectivity index (χ0n) is 13.1. The second-order valence-electron chi connectivity index (χ2n) is 5.88. The summed E-state index contributed by atoms with van der Waals surface area (Å²) in [4.78, 5) is 0. The minimum atomic E-state index is 0.265. The maximum atomic E-state index is 5.76. The number of unbranched alkanes of at least 4 members (excludes halogenated alkanes) is 5. The minimum absolute atomic E-state index is 0.265. The van der Waals surface area contributed by atoms with Gasteiger partial charge in [-0.3, -0.25) is 11.3 Å². The van der Waals surface area contributed by atoms with Crippen molar-refractivity contribution in [2.45, 2.75) is 57.9 Å². The van der Waals surface area contributed by atoms with Gasteiger partial charge in [0.2, 0.25) is 0 Å². The Hall–Kier alpha value is -1.38. The van der Waals surface area contributed by atoms with Gasteiger partial charge in [-0.15, -0.1) is 0 Å². The first-order valence-electron chi connectivity index (χ1n) is 8.30. The van der Waals surface area contributed by atoms with Crippen molar-refractivity contribution < 1.29 is 0 Å². The maximum Gasteiger partial charge on any atom is 0.0460 e. The Bertz CT molecular complexity index is 536. The van der Waals surface area contributed by atoms with Crippen LogP contribution in [0, 0.1) is 0 Å². The van der Waals surface area contributed by atoms with Gasteiger partial charge in [-0.05, 0) is 28.8 Å². The second kappa shape index (κ2) is 8.81. The zero-order valence-corrected chi connectivity index (χ0v) is 13.1. The Balaban J connectivity index is 1.89. The van der Waals surface area contributed by atoms with Crippen LogP contribution in [-0.4, -0.2) is 0 Å². The molecule has 0 saturated carbocycles. The van der Waals surface area contributed by atoms with Gasteiger partial charge in [0.25, 0.3) is 0 Å². The maximum absolute atomic E-state index is 5.76. The van der Waals surface area contributed by atoms with Gasteiger partial charge in [-0.25, -0.2) is 0 Å². The first-order valence-corrected chi connectivity index (χ1v) is 8.30. The molecule has 3 N–H and O–H groups in total. The molecule has 0 bridgehead atoms. The van der Waals surface area contributed by atoms with Crippen LogP contribution in [0.15, 0.2) is 42.5 Å². The molecular weight excluding hydrogens is 256 g/mol. The van der Waals surface area contributed by atoms with E-state index >= 15 is 0 Å². The lowest BCUT2D eigenvalue weighted by Gasteiger charge is -2.17. The summed E-state index contributed by atoms with van der Waals surface area (Å²) >= 11 is 0. The molecule has 0 fully saturated rings. The standard InChI is InChI=1S/C19H28N2/c1-2-3-4-5-6-7-12-19(21-20)18-14-13-16-10-8-9-11-17(16)15-18/h8-11,13-15,19,21H,2-7,12,20H2,1H3. The number of fused-ring (bicyclic) bond motifs is 1. The first kappa shape index (κ1) is 16.0. The summed E-state index contributed by atoms with van der Waals surface area (Å²) in [7, 11) is 0. The molecule has 2 aromatic carbocycles. The summed E-state index contributed by atoms with van der Waals surface area (Å²) < 4.78 is 0. The largest absolute Gasteiger partial charge is 0.271 e. The molecule has 2 aromatic rings. The summed E-state index contributed by atoms with van der Waals surface area (Å²) in [6, 6.07) is 15.4. The molecule has 0 aliphatic carbocycles. The summed E-state index contributed by atoms with van der Waals surface area (Å²) in [5.41, 5.74) is 4.28. The van der Waals surface area contributed by atoms with E-state index in [1.807, 2.05) is 0 Å². The van der Waals surface area contributed by atoms with E-state index in [2.05, 4.69) is 54.8 Å². The van der Waals surface area contributed by atoms with Crippen LogP contribution >= 0.6 is 0 Å². The SMILES string of the molecule is CCCCCCCCC(NN)c1ccc2ccccc2c1. The number of hydrazine groups is 1. The molecule has 0 aliphatic heterocycles. The van der Waals surface area contributed by atoms with Crippen LogP contribution in [0.5, 0.6) is 0 Å². The minimum Gasteiger partial charge on any atom is -0.271 e. The summed E-state index contributed by atoms with van der Waals surface area (Å²) in [5, 5.41) is 2.58. The summed E-state index contributed by atoms with van der Waals surface area (Å²) in [6.45, 7) is 2.26. The van der Waals surface area contributed by atoms with Crippen molar-refractivity contribution in [2.24, 2.45) is 5.84 Å². The normalized spacial score (nSPS) is 12.7. The highest BCUT2D eigenvalue weighted by atomic mass is 15.2. The average molecular weight is 284 g/mol. The van der Waals surface area contributed by atoms with E-state index in [-0.39, 0.29) is 6.04 Å². The number of benzene rings is 2. The number of rotatable bonds is 9. The van der Waals surface area contributed by atoms with E-state index < -0.39 is 0 Å². The molecule has 0 radical (unpaired) electrons. The Labute approximate surface area is 128 Å². The lowest BCUT2D eigenvalue weighted by atomic mass is 9.97. The molecule has 2 nitrogen and oxygen atoms in total. The third-order valence-electron chi connectivity index (χ3n) is 4.22. The van der Waals surface area contributed by atoms with Gasteiger partial charge in [0.1, 0.15) is 0 Å². The molecule has 0 spiro atoms. The number of nitrogens with one attached hydrogen (secondary N) is 1. The van der Waals surface area contributed by atoms with Crippen LogP contribution in [0.2, 0.25) is 0 Å². The third-order valence-corrected chi connectivity index (χ3v) is 4.22. The van der Waals surface area contributed by atoms with Crippen molar-refractivity contribution in [1.82, 2.24) is 5.43 Å². The predicted octanol–water partition coefficient (Wildman–Crippen LogP) is 5.09. The fourth-order valence-electron chi connectivity index (χ4n) is 2.90. The fourth-order valence-corrected chi connectivity index (χ4v) is 2.90. The van der Waals surface area contributed by atoms with E-state index in [0.717, 1.165) is 6.42 Å². The average Bonchev–Trinajstić information content (AvgIpc) is 2.54. The molecule has 2 heteroatoms. The molecule has 2 rings (SSSR count). The monoisotopic (exact) mass is 284 g/mol. The highest BCUT2D eigenvalue weighted by molar-refractivity contribution is 5.83. The highest BCUT2D eigenvalue weighted by Gasteiger charge is 2.09. The number of hydrogen-bond acceptors (Lipinski definition) is 2. The Morgan fingerprint density at radius 1 is 0.905 bits per heavy atom. The lowest BCUT2D eigenvalue weighted by Crippen LogP contribution is -2.27. The fraction of sp³-hybridized carbons (Fsp3) is 0.474. The molecule has 0 amide bonds. The van der Waals surface area contributed by atoms with Crippen molar-refractivity contribution in [3.63, 3.8) is 0 Å². The Morgan fingerprint density at radius 2 is 1.62 bits per heavy atom. The van der Waals surface area contributed by atoms with Crippen LogP contribution in [0.1, 0.15) is 63.5 Å². The highest BCUT2D eigenvalue weighted by Crippen LogP contribution is 2.24. The topological polar surface area (TPSA) is 38.0 Å². The van der Waals surface area contributed by atoms with Crippen LogP contribution in [0.25, 0.3) is 10.8 Å². The zero-order chi connectivity index (χ0) is 14.9. The van der Waals surface area contributed by atoms with Gasteiger partial charge >= 0.3 is 0 Å². The molecule has 0 saturated heterocycles. The molecule has 1 atom stereocenters. The van der Waals surface area contributed by atoms with Gasteiger partial charge in [-0.2, -0.15) is 0 Å². The smallest absolute Gasteiger partial charge is 0.0460 e. The van der Waals surface area contributed by atoms with Crippen molar-refractivity contribution >= 4 is 10.8 Å². The summed E-state index contributed by atoms with van der Waals surface area (Å²) in [5.74, 6) is 5.76. The quantitative estimate of drug-likeness (QED) is 0.382. The Kier molecular flexibility index (Phi) is 6.71. The van der Waals surface area contributed by atoms with Crippen molar-refractivity contribution in [3.8, 4) is 0 Å².